The van der Waals surface area contributed by atoms with Crippen LogP contribution in [0, 0.1) is 10.1 Å². The van der Waals surface area contributed by atoms with Gasteiger partial charge in [-0.15, -0.1) is 11.3 Å². The minimum Gasteiger partial charge on any atom is -0.346 e. The predicted molar refractivity (Wildman–Crippen MR) is 77.8 cm³/mol. The summed E-state index contributed by atoms with van der Waals surface area (Å²) in [6, 6.07) is 4.99. The topological polar surface area (TPSA) is 97.3 Å². The van der Waals surface area contributed by atoms with Crippen LogP contribution in [0.5, 0.6) is 0 Å². The highest BCUT2D eigenvalue weighted by Gasteiger charge is 2.25. The number of nitrogens with one attached hydrogen (secondary N) is 1. The maximum atomic E-state index is 11.1. The molecule has 0 atom stereocenters. The van der Waals surface area contributed by atoms with Crippen LogP contribution >= 0.6 is 11.3 Å². The van der Waals surface area contributed by atoms with E-state index in [1.807, 2.05) is 10.3 Å². The van der Waals surface area contributed by atoms with Crippen LogP contribution in [0.2, 0.25) is 0 Å². The number of fused-ring (bicyclic) bond motifs is 1. The summed E-state index contributed by atoms with van der Waals surface area (Å²) in [5.41, 5.74) is 3.64. The minimum absolute atomic E-state index is 0.00248. The van der Waals surface area contributed by atoms with Crippen molar-refractivity contribution in [3.8, 4) is 0 Å². The molecule has 0 saturated carbocycles. The van der Waals surface area contributed by atoms with Crippen molar-refractivity contribution in [1.29, 1.82) is 0 Å². The van der Waals surface area contributed by atoms with Gasteiger partial charge >= 0.3 is 5.69 Å². The molecule has 2 aromatic rings. The van der Waals surface area contributed by atoms with E-state index in [0.717, 1.165) is 13.0 Å². The van der Waals surface area contributed by atoms with E-state index in [2.05, 4.69) is 16.5 Å². The number of nitro groups is 1. The molecule has 0 saturated heterocycles. The second-order valence-corrected chi connectivity index (χ2v) is 5.48. The summed E-state index contributed by atoms with van der Waals surface area (Å²) in [5.74, 6) is 6.12. The Morgan fingerprint density at radius 3 is 3.05 bits per heavy atom. The molecule has 0 fully saturated rings. The number of nitrogen functional groups attached to an aromatic ring is 1. The molecule has 0 bridgehead atoms. The Balaban J connectivity index is 1.99. The SMILES string of the molecule is NNc1ccc([N+](=O)[O-])c(N2CCc3sccc3C2)n1. The molecule has 0 radical (unpaired) electrons. The molecule has 8 heteroatoms. The van der Waals surface area contributed by atoms with Gasteiger partial charge in [-0.3, -0.25) is 10.1 Å². The molecule has 7 nitrogen and oxygen atoms in total. The van der Waals surface area contributed by atoms with Crippen molar-refractivity contribution in [3.63, 3.8) is 0 Å². The average molecular weight is 291 g/mol. The molecule has 0 aromatic carbocycles. The summed E-state index contributed by atoms with van der Waals surface area (Å²) in [7, 11) is 0. The molecular weight excluding hydrogens is 278 g/mol. The molecule has 1 aliphatic rings. The maximum absolute atomic E-state index is 11.1. The molecule has 3 rings (SSSR count). The second kappa shape index (κ2) is 5.06. The Labute approximate surface area is 119 Å². The van der Waals surface area contributed by atoms with Gasteiger partial charge in [-0.05, 0) is 29.5 Å². The van der Waals surface area contributed by atoms with E-state index >= 15 is 0 Å². The molecule has 1 aliphatic heterocycles. The predicted octanol–water partition coefficient (Wildman–Crippen LogP) is 1.90. The van der Waals surface area contributed by atoms with Crippen LogP contribution in [0.3, 0.4) is 0 Å². The Hall–Kier alpha value is -2.19. The summed E-state index contributed by atoms with van der Waals surface area (Å²) in [4.78, 5) is 18.3. The summed E-state index contributed by atoms with van der Waals surface area (Å²) < 4.78 is 0. The van der Waals surface area contributed by atoms with Gasteiger partial charge in [0.15, 0.2) is 0 Å². The first-order valence-electron chi connectivity index (χ1n) is 6.11. The largest absolute Gasteiger partial charge is 0.346 e. The molecule has 3 heterocycles. The summed E-state index contributed by atoms with van der Waals surface area (Å²) in [5, 5.41) is 13.2. The number of hydrazine groups is 1. The molecule has 3 N–H and O–H groups in total. The zero-order valence-electron chi connectivity index (χ0n) is 10.6. The van der Waals surface area contributed by atoms with E-state index in [9.17, 15) is 10.1 Å². The average Bonchev–Trinajstić information content (AvgIpc) is 2.93. The van der Waals surface area contributed by atoms with Crippen LogP contribution in [-0.4, -0.2) is 16.5 Å². The Morgan fingerprint density at radius 1 is 1.45 bits per heavy atom. The van der Waals surface area contributed by atoms with Gasteiger partial charge in [-0.2, -0.15) is 0 Å². The van der Waals surface area contributed by atoms with Gasteiger partial charge in [0.1, 0.15) is 5.82 Å². The van der Waals surface area contributed by atoms with Gasteiger partial charge in [0.25, 0.3) is 0 Å². The zero-order chi connectivity index (χ0) is 14.1. The Bertz CT molecular complexity index is 657. The number of rotatable bonds is 3. The fourth-order valence-corrected chi connectivity index (χ4v) is 3.22. The van der Waals surface area contributed by atoms with E-state index in [0.29, 0.717) is 18.2 Å². The number of thiophene rings is 1. The fraction of sp³-hybridized carbons (Fsp3) is 0.250. The first kappa shape index (κ1) is 12.8. The van der Waals surface area contributed by atoms with Gasteiger partial charge in [0.05, 0.1) is 4.92 Å². The Kier molecular flexibility index (Phi) is 3.25. The molecule has 0 unspecified atom stereocenters. The minimum atomic E-state index is -0.411. The summed E-state index contributed by atoms with van der Waals surface area (Å²) in [6.45, 7) is 1.36. The van der Waals surface area contributed by atoms with Crippen molar-refractivity contribution in [2.75, 3.05) is 16.9 Å². The maximum Gasteiger partial charge on any atom is 0.311 e. The third kappa shape index (κ3) is 2.19. The number of anilines is 2. The lowest BCUT2D eigenvalue weighted by molar-refractivity contribution is -0.384. The lowest BCUT2D eigenvalue weighted by Gasteiger charge is -2.27. The van der Waals surface area contributed by atoms with Crippen LogP contribution < -0.4 is 16.2 Å². The lowest BCUT2D eigenvalue weighted by Crippen LogP contribution is -2.31. The third-order valence-corrected chi connectivity index (χ3v) is 4.33. The van der Waals surface area contributed by atoms with Crippen LogP contribution in [-0.2, 0) is 13.0 Å². The van der Waals surface area contributed by atoms with Gasteiger partial charge in [-0.25, -0.2) is 10.8 Å². The van der Waals surface area contributed by atoms with E-state index in [4.69, 9.17) is 5.84 Å². The van der Waals surface area contributed by atoms with Crippen LogP contribution in [0.4, 0.5) is 17.3 Å². The van der Waals surface area contributed by atoms with Crippen LogP contribution in [0.25, 0.3) is 0 Å². The van der Waals surface area contributed by atoms with E-state index < -0.39 is 4.92 Å². The first-order valence-corrected chi connectivity index (χ1v) is 6.99. The highest BCUT2D eigenvalue weighted by atomic mass is 32.1. The molecule has 0 spiro atoms. The molecule has 20 heavy (non-hydrogen) atoms. The number of hydrogen-bond acceptors (Lipinski definition) is 7. The van der Waals surface area contributed by atoms with Crippen LogP contribution in [0.1, 0.15) is 10.4 Å². The van der Waals surface area contributed by atoms with Gasteiger partial charge in [-0.1, -0.05) is 0 Å². The first-order chi connectivity index (χ1) is 9.69. The van der Waals surface area contributed by atoms with E-state index in [-0.39, 0.29) is 5.69 Å². The van der Waals surface area contributed by atoms with Gasteiger partial charge < -0.3 is 10.3 Å². The molecule has 104 valence electrons. The smallest absolute Gasteiger partial charge is 0.311 e. The van der Waals surface area contributed by atoms with E-state index in [1.54, 1.807) is 11.3 Å². The van der Waals surface area contributed by atoms with E-state index in [1.165, 1.54) is 22.6 Å². The zero-order valence-corrected chi connectivity index (χ0v) is 11.4. The standard InChI is InChI=1S/C12H13N5O2S/c13-15-11-2-1-9(17(18)19)12(14-11)16-5-3-10-8(7-16)4-6-20-10/h1-2,4,6H,3,5,7,13H2,(H,14,15). The third-order valence-electron chi connectivity index (χ3n) is 3.31. The monoisotopic (exact) mass is 291 g/mol. The number of aromatic nitrogens is 1. The fourth-order valence-electron chi connectivity index (χ4n) is 2.33. The number of nitrogens with zero attached hydrogens (tertiary/aromatic N) is 3. The molecule has 2 aromatic heterocycles. The quantitative estimate of drug-likeness (QED) is 0.509. The molecular formula is C12H13N5O2S. The van der Waals surface area contributed by atoms with Crippen molar-refractivity contribution in [2.24, 2.45) is 5.84 Å². The van der Waals surface area contributed by atoms with Crippen molar-refractivity contribution in [1.82, 2.24) is 4.98 Å². The van der Waals surface area contributed by atoms with Gasteiger partial charge in [0, 0.05) is 24.0 Å². The van der Waals surface area contributed by atoms with Crippen molar-refractivity contribution in [3.05, 3.63) is 44.1 Å². The normalized spacial score (nSPS) is 13.9. The Morgan fingerprint density at radius 2 is 2.30 bits per heavy atom. The van der Waals surface area contributed by atoms with Gasteiger partial charge in [0.2, 0.25) is 5.82 Å². The van der Waals surface area contributed by atoms with Crippen molar-refractivity contribution >= 4 is 28.7 Å². The van der Waals surface area contributed by atoms with Crippen LogP contribution in [0.15, 0.2) is 23.6 Å². The highest BCUT2D eigenvalue weighted by molar-refractivity contribution is 7.10. The number of pyridine rings is 1. The van der Waals surface area contributed by atoms with Crippen molar-refractivity contribution in [2.45, 2.75) is 13.0 Å². The highest BCUT2D eigenvalue weighted by Crippen LogP contribution is 2.32. The number of hydrogen-bond donors (Lipinski definition) is 2. The molecule has 0 aliphatic carbocycles. The summed E-state index contributed by atoms with van der Waals surface area (Å²) >= 11 is 1.73. The lowest BCUT2D eigenvalue weighted by atomic mass is 10.1. The molecule has 0 amide bonds. The number of nitrogens with two attached hydrogens (primary N) is 1. The van der Waals surface area contributed by atoms with Crippen molar-refractivity contribution < 1.29 is 4.92 Å². The summed E-state index contributed by atoms with van der Waals surface area (Å²) in [6.07, 6.45) is 0.881. The second-order valence-electron chi connectivity index (χ2n) is 4.48.